The summed E-state index contributed by atoms with van der Waals surface area (Å²) in [5, 5.41) is 9.12. The zero-order valence-electron chi connectivity index (χ0n) is 7.87. The third-order valence-corrected chi connectivity index (χ3v) is 3.05. The monoisotopic (exact) mass is 271 g/mol. The average Bonchev–Trinajstić information content (AvgIpc) is 2.17. The number of ether oxygens (including phenoxy) is 1. The lowest BCUT2D eigenvalue weighted by Gasteiger charge is -2.31. The van der Waals surface area contributed by atoms with Crippen molar-refractivity contribution in [3.63, 3.8) is 0 Å². The molecule has 1 aromatic carbocycles. The van der Waals surface area contributed by atoms with Gasteiger partial charge in [-0.05, 0) is 12.1 Å². The van der Waals surface area contributed by atoms with Crippen LogP contribution in [0.2, 0.25) is 0 Å². The molecule has 1 heterocycles. The molecule has 0 radical (unpaired) electrons. The lowest BCUT2D eigenvalue weighted by Crippen LogP contribution is -2.48. The molecule has 0 fully saturated rings. The largest absolute Gasteiger partial charge is 0.493 e. The van der Waals surface area contributed by atoms with Crippen LogP contribution < -0.4 is 10.5 Å². The number of benzene rings is 1. The summed E-state index contributed by atoms with van der Waals surface area (Å²) in [6, 6.07) is 5.18. The van der Waals surface area contributed by atoms with Gasteiger partial charge in [-0.3, -0.25) is 0 Å². The summed E-state index contributed by atoms with van der Waals surface area (Å²) in [5.74, 6) is -0.477. The van der Waals surface area contributed by atoms with Gasteiger partial charge in [-0.2, -0.15) is 0 Å². The minimum absolute atomic E-state index is 0.289. The lowest BCUT2D eigenvalue weighted by atomic mass is 9.86. The quantitative estimate of drug-likeness (QED) is 0.812. The Hall–Kier alpha value is -1.07. The Kier molecular flexibility index (Phi) is 2.44. The van der Waals surface area contributed by atoms with Gasteiger partial charge in [-0.25, -0.2) is 4.79 Å². The molecule has 2 rings (SSSR count). The molecule has 1 aliphatic heterocycles. The Morgan fingerprint density at radius 1 is 1.60 bits per heavy atom. The smallest absolute Gasteiger partial charge is 0.328 e. The lowest BCUT2D eigenvalue weighted by molar-refractivity contribution is -0.144. The number of hydrogen-bond donors (Lipinski definition) is 2. The van der Waals surface area contributed by atoms with E-state index in [1.54, 1.807) is 18.2 Å². The zero-order chi connectivity index (χ0) is 11.1. The van der Waals surface area contributed by atoms with Gasteiger partial charge in [-0.15, -0.1) is 0 Å². The second-order valence-electron chi connectivity index (χ2n) is 3.52. The predicted molar refractivity (Wildman–Crippen MR) is 57.8 cm³/mol. The molecular weight excluding hydrogens is 262 g/mol. The second-order valence-corrected chi connectivity index (χ2v) is 4.43. The minimum atomic E-state index is -1.33. The van der Waals surface area contributed by atoms with Crippen LogP contribution >= 0.6 is 15.9 Å². The molecule has 5 heteroatoms. The Bertz CT molecular complexity index is 421. The first-order valence-electron chi connectivity index (χ1n) is 4.49. The molecule has 0 spiro atoms. The van der Waals surface area contributed by atoms with E-state index in [1.807, 2.05) is 0 Å². The minimum Gasteiger partial charge on any atom is -0.493 e. The Morgan fingerprint density at radius 2 is 2.33 bits per heavy atom. The fourth-order valence-corrected chi connectivity index (χ4v) is 2.00. The second kappa shape index (κ2) is 3.50. The Morgan fingerprint density at radius 3 is 3.00 bits per heavy atom. The van der Waals surface area contributed by atoms with Gasteiger partial charge >= 0.3 is 5.97 Å². The molecule has 0 amide bonds. The fraction of sp³-hybridized carbons (Fsp3) is 0.300. The van der Waals surface area contributed by atoms with Crippen molar-refractivity contribution in [2.45, 2.75) is 12.0 Å². The van der Waals surface area contributed by atoms with Crippen molar-refractivity contribution >= 4 is 21.9 Å². The molecule has 1 atom stereocenters. The molecule has 0 saturated carbocycles. The summed E-state index contributed by atoms with van der Waals surface area (Å²) in [6.45, 7) is 0.326. The van der Waals surface area contributed by atoms with Crippen molar-refractivity contribution in [1.29, 1.82) is 0 Å². The van der Waals surface area contributed by atoms with Crippen LogP contribution in [0, 0.1) is 0 Å². The molecule has 1 aromatic rings. The SMILES string of the molecule is NC1(C(=O)O)CCOc2cc(Br)ccc21. The number of carboxylic acids is 1. The predicted octanol–water partition coefficient (Wildman–Crippen LogP) is 1.47. The summed E-state index contributed by atoms with van der Waals surface area (Å²) < 4.78 is 6.22. The van der Waals surface area contributed by atoms with E-state index in [0.29, 0.717) is 17.9 Å². The first-order chi connectivity index (χ1) is 7.04. The van der Waals surface area contributed by atoms with Gasteiger partial charge < -0.3 is 15.6 Å². The van der Waals surface area contributed by atoms with Crippen LogP contribution in [-0.2, 0) is 10.3 Å². The van der Waals surface area contributed by atoms with E-state index in [4.69, 9.17) is 15.6 Å². The van der Waals surface area contributed by atoms with Crippen molar-refractivity contribution in [3.05, 3.63) is 28.2 Å². The van der Waals surface area contributed by atoms with Crippen molar-refractivity contribution in [2.24, 2.45) is 5.73 Å². The zero-order valence-corrected chi connectivity index (χ0v) is 9.45. The van der Waals surface area contributed by atoms with Crippen molar-refractivity contribution in [1.82, 2.24) is 0 Å². The molecule has 15 heavy (non-hydrogen) atoms. The first-order valence-corrected chi connectivity index (χ1v) is 5.28. The topological polar surface area (TPSA) is 72.6 Å². The maximum Gasteiger partial charge on any atom is 0.328 e. The summed E-state index contributed by atoms with van der Waals surface area (Å²) >= 11 is 3.30. The molecule has 0 aromatic heterocycles. The molecule has 0 bridgehead atoms. The van der Waals surface area contributed by atoms with Gasteiger partial charge in [0.15, 0.2) is 0 Å². The average molecular weight is 272 g/mol. The summed E-state index contributed by atoms with van der Waals surface area (Å²) in [4.78, 5) is 11.1. The number of carboxylic acid groups (broad SMARTS) is 1. The molecular formula is C10H10BrNO3. The molecule has 1 aliphatic rings. The maximum atomic E-state index is 11.1. The third-order valence-electron chi connectivity index (χ3n) is 2.56. The number of rotatable bonds is 1. The highest BCUT2D eigenvalue weighted by molar-refractivity contribution is 9.10. The van der Waals surface area contributed by atoms with Crippen LogP contribution in [0.15, 0.2) is 22.7 Å². The number of carbonyl (C=O) groups is 1. The standard InChI is InChI=1S/C10H10BrNO3/c11-6-1-2-7-8(5-6)15-4-3-10(7,12)9(13)14/h1-2,5H,3-4,12H2,(H,13,14). The van der Waals surface area contributed by atoms with Crippen LogP contribution in [0.5, 0.6) is 5.75 Å². The Labute approximate surface area is 95.2 Å². The normalized spacial score (nSPS) is 24.1. The van der Waals surface area contributed by atoms with Crippen LogP contribution in [0.3, 0.4) is 0 Å². The fourth-order valence-electron chi connectivity index (χ4n) is 1.66. The van der Waals surface area contributed by atoms with Crippen LogP contribution in [-0.4, -0.2) is 17.7 Å². The van der Waals surface area contributed by atoms with Gasteiger partial charge in [-0.1, -0.05) is 22.0 Å². The summed E-state index contributed by atoms with van der Waals surface area (Å²) in [5.41, 5.74) is 5.08. The summed E-state index contributed by atoms with van der Waals surface area (Å²) in [7, 11) is 0. The number of aliphatic carboxylic acids is 1. The molecule has 3 N–H and O–H groups in total. The molecule has 1 unspecified atom stereocenters. The van der Waals surface area contributed by atoms with Crippen molar-refractivity contribution < 1.29 is 14.6 Å². The molecule has 0 aliphatic carbocycles. The number of fused-ring (bicyclic) bond motifs is 1. The van der Waals surface area contributed by atoms with Gasteiger partial charge in [0.25, 0.3) is 0 Å². The van der Waals surface area contributed by atoms with E-state index in [9.17, 15) is 4.79 Å². The molecule has 0 saturated heterocycles. The molecule has 4 nitrogen and oxygen atoms in total. The highest BCUT2D eigenvalue weighted by Gasteiger charge is 2.41. The van der Waals surface area contributed by atoms with E-state index in [-0.39, 0.29) is 6.42 Å². The van der Waals surface area contributed by atoms with Crippen molar-refractivity contribution in [3.8, 4) is 5.75 Å². The highest BCUT2D eigenvalue weighted by atomic mass is 79.9. The van der Waals surface area contributed by atoms with Gasteiger partial charge in [0.2, 0.25) is 0 Å². The maximum absolute atomic E-state index is 11.1. The number of hydrogen-bond acceptors (Lipinski definition) is 3. The van der Waals surface area contributed by atoms with E-state index in [0.717, 1.165) is 4.47 Å². The van der Waals surface area contributed by atoms with E-state index < -0.39 is 11.5 Å². The van der Waals surface area contributed by atoms with Gasteiger partial charge in [0.1, 0.15) is 11.3 Å². The first kappa shape index (κ1) is 10.4. The van der Waals surface area contributed by atoms with Gasteiger partial charge in [0, 0.05) is 16.5 Å². The summed E-state index contributed by atoms with van der Waals surface area (Å²) in [6.07, 6.45) is 0.289. The van der Waals surface area contributed by atoms with E-state index in [1.165, 1.54) is 0 Å². The molecule has 80 valence electrons. The van der Waals surface area contributed by atoms with Crippen LogP contribution in [0.1, 0.15) is 12.0 Å². The van der Waals surface area contributed by atoms with E-state index >= 15 is 0 Å². The third kappa shape index (κ3) is 1.61. The highest BCUT2D eigenvalue weighted by Crippen LogP contribution is 2.36. The van der Waals surface area contributed by atoms with Gasteiger partial charge in [0.05, 0.1) is 6.61 Å². The number of halogens is 1. The van der Waals surface area contributed by atoms with Crippen LogP contribution in [0.4, 0.5) is 0 Å². The van der Waals surface area contributed by atoms with E-state index in [2.05, 4.69) is 15.9 Å². The van der Waals surface area contributed by atoms with Crippen LogP contribution in [0.25, 0.3) is 0 Å². The number of nitrogens with two attached hydrogens (primary N) is 1. The Balaban J connectivity index is 2.56. The van der Waals surface area contributed by atoms with Crippen molar-refractivity contribution in [2.75, 3.05) is 6.61 Å².